The van der Waals surface area contributed by atoms with Gasteiger partial charge in [-0.25, -0.2) is 0 Å². The predicted octanol–water partition coefficient (Wildman–Crippen LogP) is 5.69. The first-order valence-corrected chi connectivity index (χ1v) is 8.94. The van der Waals surface area contributed by atoms with E-state index in [2.05, 4.69) is 45.5 Å². The first-order chi connectivity index (χ1) is 12.2. The van der Waals surface area contributed by atoms with Crippen molar-refractivity contribution in [2.45, 2.75) is 12.3 Å². The normalized spacial score (nSPS) is 19.0. The van der Waals surface area contributed by atoms with Crippen LogP contribution < -0.4 is 10.1 Å². The van der Waals surface area contributed by atoms with Crippen molar-refractivity contribution in [2.75, 3.05) is 12.4 Å². The smallest absolute Gasteiger partial charge is 0.155 e. The van der Waals surface area contributed by atoms with E-state index in [1.54, 1.807) is 7.11 Å². The molecule has 0 spiro atoms. The van der Waals surface area contributed by atoms with Gasteiger partial charge in [0.1, 0.15) is 11.9 Å². The van der Waals surface area contributed by atoms with Gasteiger partial charge in [0.2, 0.25) is 0 Å². The molecule has 4 heteroatoms. The lowest BCUT2D eigenvalue weighted by Gasteiger charge is -2.34. The Hall–Kier alpha value is -2.30. The number of fused-ring (bicyclic) bond motifs is 1. The van der Waals surface area contributed by atoms with E-state index < -0.39 is 0 Å². The minimum Gasteiger partial charge on any atom is -0.497 e. The summed E-state index contributed by atoms with van der Waals surface area (Å²) in [4.78, 5) is 0. The van der Waals surface area contributed by atoms with E-state index in [1.165, 1.54) is 0 Å². The fraction of sp³-hybridized carbons (Fsp3) is 0.143. The van der Waals surface area contributed by atoms with Crippen LogP contribution in [-0.2, 0) is 4.74 Å². The Morgan fingerprint density at radius 2 is 1.68 bits per heavy atom. The molecule has 126 valence electrons. The summed E-state index contributed by atoms with van der Waals surface area (Å²) < 4.78 is 12.7. The summed E-state index contributed by atoms with van der Waals surface area (Å²) in [6.45, 7) is 0. The van der Waals surface area contributed by atoms with E-state index in [9.17, 15) is 0 Å². The molecule has 0 saturated heterocycles. The van der Waals surface area contributed by atoms with Crippen LogP contribution in [0, 0.1) is 0 Å². The summed E-state index contributed by atoms with van der Waals surface area (Å²) in [5, 5.41) is 3.49. The third-order valence-corrected chi connectivity index (χ3v) is 4.87. The summed E-state index contributed by atoms with van der Waals surface area (Å²) in [6.07, 6.45) is -0.341. The number of hydrogen-bond donors (Lipinski definition) is 1. The van der Waals surface area contributed by atoms with E-state index >= 15 is 0 Å². The van der Waals surface area contributed by atoms with Gasteiger partial charge < -0.3 is 14.8 Å². The number of anilines is 1. The monoisotopic (exact) mass is 395 g/mol. The number of rotatable bonds is 3. The second-order valence-electron chi connectivity index (χ2n) is 5.96. The minimum atomic E-state index is -0.218. The van der Waals surface area contributed by atoms with Gasteiger partial charge in [-0.05, 0) is 35.9 Å². The maximum Gasteiger partial charge on any atom is 0.155 e. The third kappa shape index (κ3) is 3.28. The largest absolute Gasteiger partial charge is 0.497 e. The van der Waals surface area contributed by atoms with Gasteiger partial charge in [0.25, 0.3) is 0 Å². The average Bonchev–Trinajstić information content (AvgIpc) is 2.68. The maximum atomic E-state index is 6.44. The highest BCUT2D eigenvalue weighted by atomic mass is 79.9. The third-order valence-electron chi connectivity index (χ3n) is 4.38. The van der Waals surface area contributed by atoms with E-state index in [0.717, 1.165) is 32.6 Å². The molecule has 4 rings (SSSR count). The van der Waals surface area contributed by atoms with Gasteiger partial charge in [0.05, 0.1) is 7.11 Å². The Morgan fingerprint density at radius 1 is 0.920 bits per heavy atom. The van der Waals surface area contributed by atoms with Crippen molar-refractivity contribution in [3.63, 3.8) is 0 Å². The molecule has 0 bridgehead atoms. The van der Waals surface area contributed by atoms with Crippen LogP contribution in [0.5, 0.6) is 5.75 Å². The van der Waals surface area contributed by atoms with Crippen LogP contribution in [0.2, 0.25) is 0 Å². The number of halogens is 1. The molecule has 2 atom stereocenters. The standard InChI is InChI=1S/C21H18BrNO2/c1-24-17-10-7-15(8-11-17)21-23-19-12-9-16(22)13-18(19)20(25-21)14-5-3-2-4-6-14/h2-13,20-21,23H,1H3. The van der Waals surface area contributed by atoms with E-state index in [4.69, 9.17) is 9.47 Å². The summed E-state index contributed by atoms with van der Waals surface area (Å²) in [5.41, 5.74) is 4.42. The highest BCUT2D eigenvalue weighted by Crippen LogP contribution is 2.42. The van der Waals surface area contributed by atoms with Gasteiger partial charge in [-0.15, -0.1) is 0 Å². The van der Waals surface area contributed by atoms with Gasteiger partial charge in [-0.2, -0.15) is 0 Å². The number of ether oxygens (including phenoxy) is 2. The molecule has 2 unspecified atom stereocenters. The summed E-state index contributed by atoms with van der Waals surface area (Å²) in [6, 6.07) is 24.5. The van der Waals surface area contributed by atoms with Crippen molar-refractivity contribution in [3.8, 4) is 5.75 Å². The molecule has 0 amide bonds. The number of hydrogen-bond acceptors (Lipinski definition) is 3. The average molecular weight is 396 g/mol. The van der Waals surface area contributed by atoms with Crippen molar-refractivity contribution in [1.82, 2.24) is 0 Å². The fourth-order valence-corrected chi connectivity index (χ4v) is 3.47. The van der Waals surface area contributed by atoms with Gasteiger partial charge in [-0.1, -0.05) is 58.4 Å². The van der Waals surface area contributed by atoms with Crippen LogP contribution in [0.25, 0.3) is 0 Å². The fourth-order valence-electron chi connectivity index (χ4n) is 3.09. The molecule has 0 radical (unpaired) electrons. The Morgan fingerprint density at radius 3 is 2.40 bits per heavy atom. The molecule has 3 aromatic carbocycles. The first kappa shape index (κ1) is 16.2. The Kier molecular flexibility index (Phi) is 4.47. The predicted molar refractivity (Wildman–Crippen MR) is 103 cm³/mol. The van der Waals surface area contributed by atoms with Crippen LogP contribution >= 0.6 is 15.9 Å². The minimum absolute atomic E-state index is 0.123. The molecule has 3 nitrogen and oxygen atoms in total. The molecule has 0 aliphatic carbocycles. The topological polar surface area (TPSA) is 30.5 Å². The summed E-state index contributed by atoms with van der Waals surface area (Å²) in [5.74, 6) is 0.837. The zero-order valence-corrected chi connectivity index (χ0v) is 15.4. The Labute approximate surface area is 155 Å². The van der Waals surface area contributed by atoms with Gasteiger partial charge >= 0.3 is 0 Å². The first-order valence-electron chi connectivity index (χ1n) is 8.15. The maximum absolute atomic E-state index is 6.44. The number of nitrogens with one attached hydrogen (secondary N) is 1. The van der Waals surface area contributed by atoms with Crippen molar-refractivity contribution < 1.29 is 9.47 Å². The molecule has 0 saturated carbocycles. The second kappa shape index (κ2) is 6.90. The molecule has 1 aliphatic rings. The highest BCUT2D eigenvalue weighted by molar-refractivity contribution is 9.10. The molecule has 0 fully saturated rings. The molecular formula is C21H18BrNO2. The van der Waals surface area contributed by atoms with Crippen LogP contribution in [0.1, 0.15) is 29.0 Å². The van der Waals surface area contributed by atoms with Crippen molar-refractivity contribution in [2.24, 2.45) is 0 Å². The summed E-state index contributed by atoms with van der Waals surface area (Å²) in [7, 11) is 1.67. The molecule has 3 aromatic rings. The van der Waals surface area contributed by atoms with Crippen molar-refractivity contribution >= 4 is 21.6 Å². The zero-order valence-electron chi connectivity index (χ0n) is 13.8. The van der Waals surface area contributed by atoms with Crippen molar-refractivity contribution in [1.29, 1.82) is 0 Å². The zero-order chi connectivity index (χ0) is 17.2. The lowest BCUT2D eigenvalue weighted by atomic mass is 9.97. The summed E-state index contributed by atoms with van der Waals surface area (Å²) >= 11 is 3.57. The van der Waals surface area contributed by atoms with E-state index in [-0.39, 0.29) is 12.3 Å². The van der Waals surface area contributed by atoms with Crippen molar-refractivity contribution in [3.05, 3.63) is 94.0 Å². The second-order valence-corrected chi connectivity index (χ2v) is 6.87. The SMILES string of the molecule is COc1ccc(C2Nc3ccc(Br)cc3C(c3ccccc3)O2)cc1. The quantitative estimate of drug-likeness (QED) is 0.617. The molecule has 1 aliphatic heterocycles. The van der Waals surface area contributed by atoms with Gasteiger partial charge in [0.15, 0.2) is 6.23 Å². The lowest BCUT2D eigenvalue weighted by molar-refractivity contribution is 0.0157. The Balaban J connectivity index is 1.74. The molecule has 1 heterocycles. The van der Waals surface area contributed by atoms with Crippen LogP contribution in [0.3, 0.4) is 0 Å². The molecule has 0 aromatic heterocycles. The molecule has 25 heavy (non-hydrogen) atoms. The highest BCUT2D eigenvalue weighted by Gasteiger charge is 2.29. The molecular weight excluding hydrogens is 378 g/mol. The molecule has 1 N–H and O–H groups in total. The van der Waals surface area contributed by atoms with E-state index in [0.29, 0.717) is 0 Å². The van der Waals surface area contributed by atoms with Gasteiger partial charge in [0, 0.05) is 21.3 Å². The van der Waals surface area contributed by atoms with Crippen LogP contribution in [0.15, 0.2) is 77.3 Å². The Bertz CT molecular complexity index is 865. The van der Waals surface area contributed by atoms with Crippen LogP contribution in [-0.4, -0.2) is 7.11 Å². The van der Waals surface area contributed by atoms with Crippen LogP contribution in [0.4, 0.5) is 5.69 Å². The van der Waals surface area contributed by atoms with E-state index in [1.807, 2.05) is 48.5 Å². The number of methoxy groups -OCH3 is 1. The lowest BCUT2D eigenvalue weighted by Crippen LogP contribution is -2.25. The number of benzene rings is 3. The van der Waals surface area contributed by atoms with Gasteiger partial charge in [-0.3, -0.25) is 0 Å².